The Bertz CT molecular complexity index is 404. The van der Waals surface area contributed by atoms with Crippen LogP contribution in [0.4, 0.5) is 5.95 Å². The van der Waals surface area contributed by atoms with Gasteiger partial charge in [-0.1, -0.05) is 12.0 Å². The maximum Gasteiger partial charge on any atom is 0.243 e. The lowest BCUT2D eigenvalue weighted by atomic mass is 10.2. The first-order chi connectivity index (χ1) is 7.31. The fraction of sp³-hybridized carbons (Fsp3) is 0.500. The van der Waals surface area contributed by atoms with Crippen LogP contribution in [0.5, 0.6) is 0 Å². The van der Waals surface area contributed by atoms with E-state index in [2.05, 4.69) is 37.7 Å². The number of aromatic nitrogens is 6. The molecule has 0 aliphatic rings. The largest absolute Gasteiger partial charge is 0.347 e. The Morgan fingerprint density at radius 3 is 3.00 bits per heavy atom. The molecule has 0 fully saturated rings. The van der Waals surface area contributed by atoms with E-state index >= 15 is 0 Å². The second kappa shape index (κ2) is 4.07. The Morgan fingerprint density at radius 2 is 2.47 bits per heavy atom. The van der Waals surface area contributed by atoms with Crippen LogP contribution in [0.1, 0.15) is 25.2 Å². The van der Waals surface area contributed by atoms with Gasteiger partial charge in [0.1, 0.15) is 5.82 Å². The normalized spacial score (nSPS) is 12.7. The van der Waals surface area contributed by atoms with Gasteiger partial charge >= 0.3 is 0 Å². The molecule has 2 aromatic rings. The number of rotatable bonds is 4. The summed E-state index contributed by atoms with van der Waals surface area (Å²) < 4.78 is 1.59. The molecule has 2 heterocycles. The second-order valence-corrected chi connectivity index (χ2v) is 3.21. The van der Waals surface area contributed by atoms with Gasteiger partial charge in [-0.05, 0) is 16.8 Å². The SMILES string of the molecule is CCC(Nc1nnnn1C)c1ncc[nH]1. The fourth-order valence-electron chi connectivity index (χ4n) is 1.34. The van der Waals surface area contributed by atoms with Crippen molar-refractivity contribution in [3.8, 4) is 0 Å². The van der Waals surface area contributed by atoms with Gasteiger partial charge < -0.3 is 10.3 Å². The Hall–Kier alpha value is -1.92. The number of tetrazole rings is 1. The molecule has 15 heavy (non-hydrogen) atoms. The van der Waals surface area contributed by atoms with Crippen LogP contribution < -0.4 is 5.32 Å². The lowest BCUT2D eigenvalue weighted by molar-refractivity contribution is 0.669. The minimum atomic E-state index is 0.102. The van der Waals surface area contributed by atoms with Gasteiger partial charge in [-0.2, -0.15) is 0 Å². The molecular weight excluding hydrogens is 194 g/mol. The van der Waals surface area contributed by atoms with Crippen molar-refractivity contribution in [1.82, 2.24) is 30.2 Å². The molecule has 0 aliphatic carbocycles. The highest BCUT2D eigenvalue weighted by Gasteiger charge is 2.13. The van der Waals surface area contributed by atoms with E-state index in [0.29, 0.717) is 5.95 Å². The summed E-state index contributed by atoms with van der Waals surface area (Å²) in [6, 6.07) is 0.102. The quantitative estimate of drug-likeness (QED) is 0.762. The summed E-state index contributed by atoms with van der Waals surface area (Å²) in [5.74, 6) is 1.53. The number of aromatic amines is 1. The first-order valence-corrected chi connectivity index (χ1v) is 4.79. The van der Waals surface area contributed by atoms with Crippen LogP contribution in [-0.2, 0) is 7.05 Å². The number of nitrogens with one attached hydrogen (secondary N) is 2. The average Bonchev–Trinajstić information content (AvgIpc) is 2.86. The monoisotopic (exact) mass is 207 g/mol. The van der Waals surface area contributed by atoms with Crippen molar-refractivity contribution in [2.45, 2.75) is 19.4 Å². The van der Waals surface area contributed by atoms with Crippen molar-refractivity contribution >= 4 is 5.95 Å². The first-order valence-electron chi connectivity index (χ1n) is 4.79. The van der Waals surface area contributed by atoms with Crippen LogP contribution in [0.25, 0.3) is 0 Å². The van der Waals surface area contributed by atoms with Crippen LogP contribution in [0.3, 0.4) is 0 Å². The predicted octanol–water partition coefficient (Wildman–Crippen LogP) is 0.496. The maximum absolute atomic E-state index is 4.20. The molecule has 0 aromatic carbocycles. The van der Waals surface area contributed by atoms with Crippen molar-refractivity contribution < 1.29 is 0 Å². The highest BCUT2D eigenvalue weighted by Crippen LogP contribution is 2.16. The molecule has 0 radical (unpaired) electrons. The molecule has 0 spiro atoms. The number of hydrogen-bond donors (Lipinski definition) is 2. The van der Waals surface area contributed by atoms with Gasteiger partial charge in [-0.3, -0.25) is 0 Å². The summed E-state index contributed by atoms with van der Waals surface area (Å²) in [5.41, 5.74) is 0. The maximum atomic E-state index is 4.20. The number of hydrogen-bond acceptors (Lipinski definition) is 5. The summed E-state index contributed by atoms with van der Waals surface area (Å²) in [6.45, 7) is 2.07. The molecule has 0 saturated carbocycles. The smallest absolute Gasteiger partial charge is 0.243 e. The number of H-pyrrole nitrogens is 1. The van der Waals surface area contributed by atoms with Gasteiger partial charge in [0.2, 0.25) is 5.95 Å². The molecule has 7 nitrogen and oxygen atoms in total. The molecule has 1 unspecified atom stereocenters. The van der Waals surface area contributed by atoms with Crippen molar-refractivity contribution in [3.63, 3.8) is 0 Å². The van der Waals surface area contributed by atoms with Crippen molar-refractivity contribution in [3.05, 3.63) is 18.2 Å². The van der Waals surface area contributed by atoms with Gasteiger partial charge in [0, 0.05) is 19.4 Å². The Balaban J connectivity index is 2.13. The van der Waals surface area contributed by atoms with Gasteiger partial charge in [0.05, 0.1) is 6.04 Å². The summed E-state index contributed by atoms with van der Waals surface area (Å²) in [6.07, 6.45) is 4.43. The summed E-state index contributed by atoms with van der Waals surface area (Å²) in [4.78, 5) is 7.27. The lowest BCUT2D eigenvalue weighted by Gasteiger charge is -2.13. The molecule has 0 aliphatic heterocycles. The minimum absolute atomic E-state index is 0.102. The van der Waals surface area contributed by atoms with Crippen molar-refractivity contribution in [2.24, 2.45) is 7.05 Å². The molecule has 0 saturated heterocycles. The molecule has 80 valence electrons. The molecule has 0 amide bonds. The molecular formula is C8H13N7. The molecule has 2 N–H and O–H groups in total. The zero-order chi connectivity index (χ0) is 10.7. The fourth-order valence-corrected chi connectivity index (χ4v) is 1.34. The molecule has 7 heteroatoms. The first kappa shape index (κ1) is 9.63. The molecule has 2 aromatic heterocycles. The third-order valence-corrected chi connectivity index (χ3v) is 2.18. The lowest BCUT2D eigenvalue weighted by Crippen LogP contribution is -2.14. The topological polar surface area (TPSA) is 84.3 Å². The van der Waals surface area contributed by atoms with E-state index in [0.717, 1.165) is 12.2 Å². The van der Waals surface area contributed by atoms with Crippen molar-refractivity contribution in [2.75, 3.05) is 5.32 Å². The van der Waals surface area contributed by atoms with Gasteiger partial charge in [0.15, 0.2) is 0 Å². The van der Waals surface area contributed by atoms with Gasteiger partial charge in [-0.15, -0.1) is 0 Å². The third kappa shape index (κ3) is 1.95. The van der Waals surface area contributed by atoms with Crippen LogP contribution in [0.15, 0.2) is 12.4 Å². The standard InChI is InChI=1S/C8H13N7/c1-3-6(7-9-4-5-10-7)11-8-12-13-14-15(8)2/h4-6H,3H2,1-2H3,(H,9,10)(H,11,12,14). The zero-order valence-corrected chi connectivity index (χ0v) is 8.68. The molecule has 0 bridgehead atoms. The van der Waals surface area contributed by atoms with E-state index in [4.69, 9.17) is 0 Å². The summed E-state index contributed by atoms with van der Waals surface area (Å²) in [7, 11) is 1.79. The number of anilines is 1. The highest BCUT2D eigenvalue weighted by molar-refractivity contribution is 5.25. The Morgan fingerprint density at radius 1 is 1.60 bits per heavy atom. The van der Waals surface area contributed by atoms with Gasteiger partial charge in [-0.25, -0.2) is 9.67 Å². The average molecular weight is 207 g/mol. The van der Waals surface area contributed by atoms with Crippen molar-refractivity contribution in [1.29, 1.82) is 0 Å². The van der Waals surface area contributed by atoms with E-state index in [1.165, 1.54) is 0 Å². The van der Waals surface area contributed by atoms with Crippen LogP contribution in [-0.4, -0.2) is 30.2 Å². The Labute approximate surface area is 86.9 Å². The second-order valence-electron chi connectivity index (χ2n) is 3.21. The number of nitrogens with zero attached hydrogens (tertiary/aromatic N) is 5. The predicted molar refractivity (Wildman–Crippen MR) is 54.0 cm³/mol. The van der Waals surface area contributed by atoms with Gasteiger partial charge in [0.25, 0.3) is 0 Å². The Kier molecular flexibility index (Phi) is 2.61. The van der Waals surface area contributed by atoms with E-state index in [-0.39, 0.29) is 6.04 Å². The summed E-state index contributed by atoms with van der Waals surface area (Å²) in [5, 5.41) is 14.4. The number of aryl methyl sites for hydroxylation is 1. The highest BCUT2D eigenvalue weighted by atomic mass is 15.6. The van der Waals surface area contributed by atoms with E-state index in [1.807, 2.05) is 0 Å². The van der Waals surface area contributed by atoms with Crippen LogP contribution in [0, 0.1) is 0 Å². The van der Waals surface area contributed by atoms with E-state index in [1.54, 1.807) is 24.1 Å². The summed E-state index contributed by atoms with van der Waals surface area (Å²) >= 11 is 0. The van der Waals surface area contributed by atoms with E-state index in [9.17, 15) is 0 Å². The van der Waals surface area contributed by atoms with E-state index < -0.39 is 0 Å². The number of imidazole rings is 1. The molecule has 2 rings (SSSR count). The molecule has 1 atom stereocenters. The minimum Gasteiger partial charge on any atom is -0.347 e. The van der Waals surface area contributed by atoms with Crippen LogP contribution >= 0.6 is 0 Å². The third-order valence-electron chi connectivity index (χ3n) is 2.18. The zero-order valence-electron chi connectivity index (χ0n) is 8.68. The van der Waals surface area contributed by atoms with Crippen LogP contribution in [0.2, 0.25) is 0 Å².